The zero-order valence-electron chi connectivity index (χ0n) is 9.26. The lowest BCUT2D eigenvalue weighted by molar-refractivity contribution is 0.833. The lowest BCUT2D eigenvalue weighted by Gasteiger charge is -2.04. The molecule has 1 aromatic carbocycles. The molecule has 1 aliphatic rings. The van der Waals surface area contributed by atoms with Gasteiger partial charge in [-0.2, -0.15) is 0 Å². The fourth-order valence-electron chi connectivity index (χ4n) is 2.05. The number of hydrogen-bond acceptors (Lipinski definition) is 1. The summed E-state index contributed by atoms with van der Waals surface area (Å²) in [6, 6.07) is 14.8. The Morgan fingerprint density at radius 1 is 1.06 bits per heavy atom. The van der Waals surface area contributed by atoms with Gasteiger partial charge in [0.15, 0.2) is 0 Å². The lowest BCUT2D eigenvalue weighted by Crippen LogP contribution is -1.88. The van der Waals surface area contributed by atoms with Crippen molar-refractivity contribution in [1.82, 2.24) is 4.98 Å². The van der Waals surface area contributed by atoms with Crippen molar-refractivity contribution in [2.24, 2.45) is 5.92 Å². The van der Waals surface area contributed by atoms with Gasteiger partial charge >= 0.3 is 0 Å². The Bertz CT molecular complexity index is 472. The Kier molecular flexibility index (Phi) is 2.45. The van der Waals surface area contributed by atoms with Gasteiger partial charge in [-0.15, -0.1) is 0 Å². The van der Waals surface area contributed by atoms with Gasteiger partial charge in [0.05, 0.1) is 5.69 Å². The highest BCUT2D eigenvalue weighted by molar-refractivity contribution is 5.59. The van der Waals surface area contributed by atoms with Crippen LogP contribution in [-0.4, -0.2) is 4.98 Å². The minimum atomic E-state index is 0.944. The van der Waals surface area contributed by atoms with E-state index in [9.17, 15) is 0 Å². The fraction of sp³-hybridized carbons (Fsp3) is 0.267. The summed E-state index contributed by atoms with van der Waals surface area (Å²) in [6.45, 7) is 0. The first-order chi connectivity index (χ1) is 7.92. The topological polar surface area (TPSA) is 12.9 Å². The Hall–Kier alpha value is -1.63. The van der Waals surface area contributed by atoms with Crippen molar-refractivity contribution in [1.29, 1.82) is 0 Å². The van der Waals surface area contributed by atoms with Gasteiger partial charge in [-0.1, -0.05) is 24.3 Å². The Balaban J connectivity index is 1.89. The minimum absolute atomic E-state index is 0.944. The van der Waals surface area contributed by atoms with Crippen molar-refractivity contribution < 1.29 is 0 Å². The van der Waals surface area contributed by atoms with Crippen molar-refractivity contribution >= 4 is 0 Å². The van der Waals surface area contributed by atoms with Gasteiger partial charge in [0.1, 0.15) is 0 Å². The molecule has 1 fully saturated rings. The molecule has 1 aromatic heterocycles. The van der Waals surface area contributed by atoms with Crippen LogP contribution in [0.5, 0.6) is 0 Å². The van der Waals surface area contributed by atoms with Crippen LogP contribution in [0.1, 0.15) is 18.4 Å². The number of nitrogens with zero attached hydrogens (tertiary/aromatic N) is 1. The summed E-state index contributed by atoms with van der Waals surface area (Å²) < 4.78 is 0. The third-order valence-corrected chi connectivity index (χ3v) is 3.11. The second kappa shape index (κ2) is 4.09. The maximum Gasteiger partial charge on any atom is 0.0702 e. The Morgan fingerprint density at radius 3 is 2.75 bits per heavy atom. The van der Waals surface area contributed by atoms with Gasteiger partial charge in [-0.3, -0.25) is 4.98 Å². The van der Waals surface area contributed by atoms with Gasteiger partial charge in [0, 0.05) is 11.8 Å². The fourth-order valence-corrected chi connectivity index (χ4v) is 2.05. The third-order valence-electron chi connectivity index (χ3n) is 3.11. The van der Waals surface area contributed by atoms with Crippen LogP contribution >= 0.6 is 0 Å². The molecule has 0 bridgehead atoms. The highest BCUT2D eigenvalue weighted by Gasteiger charge is 2.21. The van der Waals surface area contributed by atoms with Gasteiger partial charge in [0.25, 0.3) is 0 Å². The lowest BCUT2D eigenvalue weighted by atomic mass is 10.0. The minimum Gasteiger partial charge on any atom is -0.256 e. The average Bonchev–Trinajstić information content (AvgIpc) is 3.15. The SMILES string of the molecule is c1ccc(-c2cccc(CC3CC3)c2)nc1. The van der Waals surface area contributed by atoms with E-state index < -0.39 is 0 Å². The van der Waals surface area contributed by atoms with Crippen LogP contribution in [0.3, 0.4) is 0 Å². The first-order valence-electron chi connectivity index (χ1n) is 5.92. The summed E-state index contributed by atoms with van der Waals surface area (Å²) in [5.74, 6) is 0.944. The normalized spacial score (nSPS) is 15.0. The zero-order chi connectivity index (χ0) is 10.8. The van der Waals surface area contributed by atoms with E-state index >= 15 is 0 Å². The van der Waals surface area contributed by atoms with Crippen LogP contribution in [0.2, 0.25) is 0 Å². The standard InChI is InChI=1S/C15H15N/c1-2-9-16-15(6-1)14-5-3-4-13(11-14)10-12-7-8-12/h1-6,9,11-12H,7-8,10H2. The third kappa shape index (κ3) is 2.13. The van der Waals surface area contributed by atoms with Gasteiger partial charge < -0.3 is 0 Å². The highest BCUT2D eigenvalue weighted by Crippen LogP contribution is 2.33. The summed E-state index contributed by atoms with van der Waals surface area (Å²) in [5.41, 5.74) is 3.75. The molecule has 1 saturated carbocycles. The summed E-state index contributed by atoms with van der Waals surface area (Å²) >= 11 is 0. The quantitative estimate of drug-likeness (QED) is 0.751. The molecule has 0 N–H and O–H groups in total. The molecule has 0 amide bonds. The molecule has 1 aliphatic carbocycles. The van der Waals surface area contributed by atoms with E-state index in [0.717, 1.165) is 11.6 Å². The molecule has 1 heteroatoms. The summed E-state index contributed by atoms with van der Waals surface area (Å²) in [4.78, 5) is 4.38. The van der Waals surface area contributed by atoms with Crippen LogP contribution in [0.15, 0.2) is 48.7 Å². The largest absolute Gasteiger partial charge is 0.256 e. The van der Waals surface area contributed by atoms with E-state index in [1.54, 1.807) is 0 Å². The smallest absolute Gasteiger partial charge is 0.0702 e. The van der Waals surface area contributed by atoms with E-state index in [1.165, 1.54) is 30.4 Å². The van der Waals surface area contributed by atoms with Crippen LogP contribution in [0.25, 0.3) is 11.3 Å². The number of hydrogen-bond donors (Lipinski definition) is 0. The van der Waals surface area contributed by atoms with Crippen LogP contribution in [0.4, 0.5) is 0 Å². The molecule has 0 unspecified atom stereocenters. The summed E-state index contributed by atoms with van der Waals surface area (Å²) in [5, 5.41) is 0. The molecular weight excluding hydrogens is 194 g/mol. The number of pyridine rings is 1. The molecule has 2 aromatic rings. The maximum absolute atomic E-state index is 4.38. The second-order valence-electron chi connectivity index (χ2n) is 4.56. The van der Waals surface area contributed by atoms with E-state index in [4.69, 9.17) is 0 Å². The van der Waals surface area contributed by atoms with Gasteiger partial charge in [-0.25, -0.2) is 0 Å². The molecule has 1 heterocycles. The molecule has 80 valence electrons. The van der Waals surface area contributed by atoms with Crippen molar-refractivity contribution in [2.45, 2.75) is 19.3 Å². The van der Waals surface area contributed by atoms with Crippen molar-refractivity contribution in [3.63, 3.8) is 0 Å². The molecular formula is C15H15N. The molecule has 0 atom stereocenters. The summed E-state index contributed by atoms with van der Waals surface area (Å²) in [6.07, 6.45) is 5.91. The first-order valence-corrected chi connectivity index (χ1v) is 5.92. The maximum atomic E-state index is 4.38. The molecule has 1 nitrogen and oxygen atoms in total. The zero-order valence-corrected chi connectivity index (χ0v) is 9.26. The predicted molar refractivity (Wildman–Crippen MR) is 66.1 cm³/mol. The monoisotopic (exact) mass is 209 g/mol. The number of benzene rings is 1. The van der Waals surface area contributed by atoms with Crippen molar-refractivity contribution in [3.05, 3.63) is 54.2 Å². The highest BCUT2D eigenvalue weighted by atomic mass is 14.7. The molecule has 16 heavy (non-hydrogen) atoms. The first kappa shape index (κ1) is 9.59. The van der Waals surface area contributed by atoms with Gasteiger partial charge in [0.2, 0.25) is 0 Å². The van der Waals surface area contributed by atoms with Crippen molar-refractivity contribution in [3.8, 4) is 11.3 Å². The van der Waals surface area contributed by atoms with E-state index in [-0.39, 0.29) is 0 Å². The van der Waals surface area contributed by atoms with Crippen LogP contribution < -0.4 is 0 Å². The summed E-state index contributed by atoms with van der Waals surface area (Å²) in [7, 11) is 0. The Labute approximate surface area is 96.2 Å². The van der Waals surface area contributed by atoms with Crippen LogP contribution in [0, 0.1) is 5.92 Å². The van der Waals surface area contributed by atoms with E-state index in [2.05, 4.69) is 35.3 Å². The molecule has 3 rings (SSSR count). The van der Waals surface area contributed by atoms with Crippen molar-refractivity contribution in [2.75, 3.05) is 0 Å². The van der Waals surface area contributed by atoms with Gasteiger partial charge in [-0.05, 0) is 48.9 Å². The molecule has 0 spiro atoms. The van der Waals surface area contributed by atoms with E-state index in [1.807, 2.05) is 18.3 Å². The van der Waals surface area contributed by atoms with E-state index in [0.29, 0.717) is 0 Å². The average molecular weight is 209 g/mol. The molecule has 0 radical (unpaired) electrons. The Morgan fingerprint density at radius 2 is 2.00 bits per heavy atom. The van der Waals surface area contributed by atoms with Crippen LogP contribution in [-0.2, 0) is 6.42 Å². The molecule has 0 saturated heterocycles. The number of rotatable bonds is 3. The molecule has 0 aliphatic heterocycles. The number of aromatic nitrogens is 1. The predicted octanol–water partition coefficient (Wildman–Crippen LogP) is 3.70. The second-order valence-corrected chi connectivity index (χ2v) is 4.56.